The second-order valence-electron chi connectivity index (χ2n) is 11.1. The number of benzene rings is 2. The Morgan fingerprint density at radius 1 is 1.00 bits per heavy atom. The van der Waals surface area contributed by atoms with E-state index in [2.05, 4.69) is 11.1 Å². The second-order valence-corrected chi connectivity index (χ2v) is 13.3. The molecule has 0 spiro atoms. The first-order chi connectivity index (χ1) is 19.4. The smallest absolute Gasteiger partial charge is 0.305 e. The van der Waals surface area contributed by atoms with Crippen LogP contribution < -0.4 is 9.61 Å². The second kappa shape index (κ2) is 9.92. The number of imide groups is 1. The SMILES string of the molecule is O=C(O)CCCN1C(=O)C2C3CC(C2C1=O)C1C3Sc2[nH]c(=O)sc2[C@@H]1c1ccccc1OCc1ccccc1. The van der Waals surface area contributed by atoms with E-state index >= 15 is 0 Å². The molecule has 1 saturated heterocycles. The summed E-state index contributed by atoms with van der Waals surface area (Å²) < 4.78 is 6.36. The Kier molecular flexibility index (Phi) is 6.35. The number of rotatable bonds is 8. The van der Waals surface area contributed by atoms with Crippen LogP contribution in [0.3, 0.4) is 0 Å². The molecule has 4 aliphatic rings. The van der Waals surface area contributed by atoms with Gasteiger partial charge in [0, 0.05) is 34.6 Å². The zero-order valence-electron chi connectivity index (χ0n) is 21.5. The average molecular weight is 577 g/mol. The Morgan fingerprint density at radius 2 is 1.73 bits per heavy atom. The number of carboxylic acids is 1. The van der Waals surface area contributed by atoms with Crippen LogP contribution in [-0.2, 0) is 21.0 Å². The predicted molar refractivity (Wildman–Crippen MR) is 149 cm³/mol. The molecule has 2 bridgehead atoms. The van der Waals surface area contributed by atoms with Crippen molar-refractivity contribution in [3.63, 3.8) is 0 Å². The lowest BCUT2D eigenvalue weighted by molar-refractivity contribution is -0.142. The van der Waals surface area contributed by atoms with Crippen molar-refractivity contribution in [2.75, 3.05) is 6.54 Å². The number of nitrogens with zero attached hydrogens (tertiary/aromatic N) is 1. The molecule has 3 heterocycles. The number of thioether (sulfide) groups is 1. The van der Waals surface area contributed by atoms with E-state index in [4.69, 9.17) is 9.84 Å². The van der Waals surface area contributed by atoms with Gasteiger partial charge in [0.1, 0.15) is 12.4 Å². The number of aromatic nitrogens is 1. The van der Waals surface area contributed by atoms with E-state index in [1.54, 1.807) is 11.8 Å². The molecule has 1 aromatic heterocycles. The van der Waals surface area contributed by atoms with Crippen LogP contribution >= 0.6 is 23.1 Å². The summed E-state index contributed by atoms with van der Waals surface area (Å²) in [5.41, 5.74) is 2.06. The van der Waals surface area contributed by atoms with E-state index in [-0.39, 0.29) is 76.8 Å². The van der Waals surface area contributed by atoms with Crippen molar-refractivity contribution in [3.8, 4) is 5.75 Å². The molecule has 3 aromatic rings. The first-order valence-electron chi connectivity index (χ1n) is 13.6. The lowest BCUT2D eigenvalue weighted by Gasteiger charge is -2.43. The van der Waals surface area contributed by atoms with E-state index in [9.17, 15) is 19.2 Å². The van der Waals surface area contributed by atoms with Gasteiger partial charge in [-0.05, 0) is 42.2 Å². The Morgan fingerprint density at radius 3 is 2.50 bits per heavy atom. The van der Waals surface area contributed by atoms with Gasteiger partial charge in [-0.1, -0.05) is 59.9 Å². The monoisotopic (exact) mass is 576 g/mol. The number of aliphatic carboxylic acids is 1. The summed E-state index contributed by atoms with van der Waals surface area (Å²) in [6.07, 6.45) is 0.993. The Hall–Kier alpha value is -3.37. The van der Waals surface area contributed by atoms with Crippen molar-refractivity contribution >= 4 is 40.9 Å². The summed E-state index contributed by atoms with van der Waals surface area (Å²) in [4.78, 5) is 56.0. The van der Waals surface area contributed by atoms with Crippen LogP contribution in [0.4, 0.5) is 0 Å². The molecule has 7 rings (SSSR count). The number of thiazole rings is 1. The number of fused-ring (bicyclic) bond motifs is 9. The van der Waals surface area contributed by atoms with E-state index in [0.29, 0.717) is 6.61 Å². The van der Waals surface area contributed by atoms with E-state index in [0.717, 1.165) is 33.2 Å². The van der Waals surface area contributed by atoms with Gasteiger partial charge >= 0.3 is 10.8 Å². The summed E-state index contributed by atoms with van der Waals surface area (Å²) in [5, 5.41) is 9.99. The number of likely N-dealkylation sites (tertiary alicyclic amines) is 1. The number of H-pyrrole nitrogens is 1. The molecule has 10 heteroatoms. The standard InChI is InChI=1S/C30H28N2O6S2/c33-20(34)11-6-12-32-28(35)23-17-13-18(24(23)29(32)36)25-22(17)21(26-27(39-25)31-30(37)40-26)16-9-4-5-10-19(16)38-14-15-7-2-1-3-8-15/h1-5,7-10,17-18,21-25H,6,11-14H2,(H,31,37)(H,33,34)/t17?,18?,21-,22?,23?,24?,25?/m1/s1. The third kappa shape index (κ3) is 4.03. The minimum Gasteiger partial charge on any atom is -0.489 e. The number of carbonyl (C=O) groups is 3. The van der Waals surface area contributed by atoms with Gasteiger partial charge in [0.15, 0.2) is 0 Å². The lowest BCUT2D eigenvalue weighted by Crippen LogP contribution is -2.42. The summed E-state index contributed by atoms with van der Waals surface area (Å²) >= 11 is 2.88. The highest BCUT2D eigenvalue weighted by atomic mass is 32.2. The van der Waals surface area contributed by atoms with Crippen LogP contribution in [0.2, 0.25) is 0 Å². The number of hydrogen-bond donors (Lipinski definition) is 2. The molecule has 6 unspecified atom stereocenters. The van der Waals surface area contributed by atoms with E-state index in [1.165, 1.54) is 16.2 Å². The molecule has 40 heavy (non-hydrogen) atoms. The van der Waals surface area contributed by atoms with Crippen molar-refractivity contribution in [3.05, 3.63) is 80.3 Å². The van der Waals surface area contributed by atoms with Crippen LogP contribution in [0.15, 0.2) is 64.4 Å². The van der Waals surface area contributed by atoms with Crippen molar-refractivity contribution in [1.29, 1.82) is 0 Å². The highest BCUT2D eigenvalue weighted by Crippen LogP contribution is 2.69. The zero-order valence-corrected chi connectivity index (χ0v) is 23.2. The Labute approximate surface area is 238 Å². The fourth-order valence-corrected chi connectivity index (χ4v) is 10.5. The van der Waals surface area contributed by atoms with Crippen molar-refractivity contribution in [1.82, 2.24) is 9.88 Å². The molecule has 2 amide bonds. The first-order valence-corrected chi connectivity index (χ1v) is 15.3. The predicted octanol–water partition coefficient (Wildman–Crippen LogP) is 4.35. The topological polar surface area (TPSA) is 117 Å². The van der Waals surface area contributed by atoms with Crippen LogP contribution in [0.1, 0.15) is 41.2 Å². The van der Waals surface area contributed by atoms with Gasteiger partial charge in [-0.3, -0.25) is 24.1 Å². The van der Waals surface area contributed by atoms with Gasteiger partial charge < -0.3 is 14.8 Å². The van der Waals surface area contributed by atoms with Gasteiger partial charge in [0.05, 0.1) is 16.9 Å². The van der Waals surface area contributed by atoms with E-state index in [1.807, 2.05) is 48.5 Å². The number of nitrogens with one attached hydrogen (secondary N) is 1. The van der Waals surface area contributed by atoms with Gasteiger partial charge in [0.25, 0.3) is 0 Å². The van der Waals surface area contributed by atoms with Crippen molar-refractivity contribution < 1.29 is 24.2 Å². The van der Waals surface area contributed by atoms with Crippen LogP contribution in [0.5, 0.6) is 5.75 Å². The molecule has 206 valence electrons. The normalized spacial score (nSPS) is 29.8. The van der Waals surface area contributed by atoms with Crippen LogP contribution in [0.25, 0.3) is 0 Å². The molecule has 8 nitrogen and oxygen atoms in total. The maximum Gasteiger partial charge on any atom is 0.305 e. The Bertz CT molecular complexity index is 1550. The minimum atomic E-state index is -0.932. The fourth-order valence-electron chi connectivity index (χ4n) is 7.64. The molecule has 2 aromatic carbocycles. The number of carbonyl (C=O) groups excluding carboxylic acids is 2. The molecule has 2 N–H and O–H groups in total. The molecule has 2 aliphatic heterocycles. The largest absolute Gasteiger partial charge is 0.489 e. The number of hydrogen-bond acceptors (Lipinski definition) is 7. The molecule has 7 atom stereocenters. The van der Waals surface area contributed by atoms with Gasteiger partial charge in [-0.15, -0.1) is 11.8 Å². The summed E-state index contributed by atoms with van der Waals surface area (Å²) in [6, 6.07) is 17.9. The summed E-state index contributed by atoms with van der Waals surface area (Å²) in [5.74, 6) is -1.25. The maximum atomic E-state index is 13.6. The number of para-hydroxylation sites is 1. The highest BCUT2D eigenvalue weighted by Gasteiger charge is 2.69. The summed E-state index contributed by atoms with van der Waals surface area (Å²) in [6.45, 7) is 0.567. The molecule has 3 fully saturated rings. The molecular weight excluding hydrogens is 548 g/mol. The summed E-state index contributed by atoms with van der Waals surface area (Å²) in [7, 11) is 0. The number of carboxylic acid groups (broad SMARTS) is 1. The first kappa shape index (κ1) is 25.6. The highest BCUT2D eigenvalue weighted by molar-refractivity contribution is 8.00. The lowest BCUT2D eigenvalue weighted by atomic mass is 9.68. The molecular formula is C30H28N2O6S2. The molecule has 0 radical (unpaired) electrons. The van der Waals surface area contributed by atoms with Gasteiger partial charge in [-0.25, -0.2) is 0 Å². The van der Waals surface area contributed by atoms with Gasteiger partial charge in [-0.2, -0.15) is 0 Å². The minimum absolute atomic E-state index is 0.00551. The van der Waals surface area contributed by atoms with E-state index < -0.39 is 5.97 Å². The Balaban J connectivity index is 1.24. The average Bonchev–Trinajstić information content (AvgIpc) is 3.68. The van der Waals surface area contributed by atoms with Crippen molar-refractivity contribution in [2.24, 2.45) is 29.6 Å². The molecule has 2 aliphatic carbocycles. The third-order valence-electron chi connectivity index (χ3n) is 9.08. The van der Waals surface area contributed by atoms with Crippen molar-refractivity contribution in [2.45, 2.75) is 42.1 Å². The maximum absolute atomic E-state index is 13.6. The number of amides is 2. The van der Waals surface area contributed by atoms with Crippen LogP contribution in [-0.4, -0.2) is 44.6 Å². The number of ether oxygens (including phenoxy) is 1. The zero-order chi connectivity index (χ0) is 27.5. The molecule has 2 saturated carbocycles. The quantitative estimate of drug-likeness (QED) is 0.383. The van der Waals surface area contributed by atoms with Gasteiger partial charge in [0.2, 0.25) is 11.8 Å². The van der Waals surface area contributed by atoms with Crippen LogP contribution in [0, 0.1) is 29.6 Å². The third-order valence-corrected chi connectivity index (χ3v) is 11.7. The fraction of sp³-hybridized carbons (Fsp3) is 0.400. The number of aromatic amines is 1.